The molecule has 1 aromatic heterocycles. The fourth-order valence-corrected chi connectivity index (χ4v) is 0.903. The summed E-state index contributed by atoms with van der Waals surface area (Å²) in [7, 11) is 1.25. The van der Waals surface area contributed by atoms with Crippen LogP contribution in [-0.4, -0.2) is 23.0 Å². The predicted molar refractivity (Wildman–Crippen MR) is 68.2 cm³/mol. The van der Waals surface area contributed by atoms with Gasteiger partial charge in [-0.2, -0.15) is 0 Å². The normalized spacial score (nSPS) is 7.88. The van der Waals surface area contributed by atoms with Gasteiger partial charge in [0.15, 0.2) is 11.5 Å². The average Bonchev–Trinajstić information content (AvgIpc) is 2.36. The zero-order chi connectivity index (χ0) is 13.1. The number of hydrogen-bond acceptors (Lipinski definition) is 5. The number of nitrogens with zero attached hydrogens (tertiary/aromatic N) is 2. The van der Waals surface area contributed by atoms with Gasteiger partial charge in [-0.15, -0.1) is 0 Å². The summed E-state index contributed by atoms with van der Waals surface area (Å²) in [6.45, 7) is 8.00. The van der Waals surface area contributed by atoms with Gasteiger partial charge in [0.1, 0.15) is 4.60 Å². The van der Waals surface area contributed by atoms with E-state index in [0.29, 0.717) is 4.60 Å². The molecule has 6 heteroatoms. The molecular weight excluding hydrogens is 274 g/mol. The van der Waals surface area contributed by atoms with Gasteiger partial charge >= 0.3 is 5.97 Å². The Morgan fingerprint density at radius 1 is 1.38 bits per heavy atom. The van der Waals surface area contributed by atoms with E-state index in [4.69, 9.17) is 5.73 Å². The lowest BCUT2D eigenvalue weighted by molar-refractivity contribution is 0.0594. The maximum Gasteiger partial charge on any atom is 0.360 e. The predicted octanol–water partition coefficient (Wildman–Crippen LogP) is 2.66. The third-order valence-electron chi connectivity index (χ3n) is 1.15. The minimum absolute atomic E-state index is 0.0203. The second-order valence-corrected chi connectivity index (χ2v) is 2.73. The monoisotopic (exact) mass is 291 g/mol. The van der Waals surface area contributed by atoms with Gasteiger partial charge in [-0.25, -0.2) is 14.8 Å². The Kier molecular flexibility index (Phi) is 11.1. The number of halogens is 1. The van der Waals surface area contributed by atoms with Gasteiger partial charge in [0.05, 0.1) is 13.3 Å². The van der Waals surface area contributed by atoms with Crippen LogP contribution in [0.15, 0.2) is 10.8 Å². The molecule has 0 aliphatic carbocycles. The Balaban J connectivity index is 0. The van der Waals surface area contributed by atoms with E-state index in [1.165, 1.54) is 13.3 Å². The number of nitrogens with two attached hydrogens (primary N) is 1. The van der Waals surface area contributed by atoms with Crippen molar-refractivity contribution in [1.82, 2.24) is 9.97 Å². The van der Waals surface area contributed by atoms with Crippen LogP contribution in [-0.2, 0) is 4.74 Å². The van der Waals surface area contributed by atoms with Gasteiger partial charge < -0.3 is 10.5 Å². The fraction of sp³-hybridized carbons (Fsp3) is 0.500. The van der Waals surface area contributed by atoms with Crippen LogP contribution in [0.25, 0.3) is 0 Å². The van der Waals surface area contributed by atoms with Gasteiger partial charge in [0.2, 0.25) is 0 Å². The first-order valence-electron chi connectivity index (χ1n) is 5.01. The molecule has 16 heavy (non-hydrogen) atoms. The summed E-state index contributed by atoms with van der Waals surface area (Å²) in [6.07, 6.45) is 1.40. The summed E-state index contributed by atoms with van der Waals surface area (Å²) in [5.41, 5.74) is 5.39. The van der Waals surface area contributed by atoms with Crippen LogP contribution in [0.5, 0.6) is 0 Å². The summed E-state index contributed by atoms with van der Waals surface area (Å²) in [6, 6.07) is 0. The molecular formula is C10H18BrN3O2. The minimum Gasteiger partial charge on any atom is -0.464 e. The Morgan fingerprint density at radius 3 is 2.31 bits per heavy atom. The molecule has 0 aliphatic heterocycles. The molecule has 1 rings (SSSR count). The van der Waals surface area contributed by atoms with E-state index in [-0.39, 0.29) is 11.5 Å². The van der Waals surface area contributed by atoms with Crippen LogP contribution >= 0.6 is 15.9 Å². The molecule has 0 spiro atoms. The van der Waals surface area contributed by atoms with Crippen LogP contribution in [0.3, 0.4) is 0 Å². The lowest BCUT2D eigenvalue weighted by atomic mass is 10.4. The molecule has 0 aromatic carbocycles. The van der Waals surface area contributed by atoms with Gasteiger partial charge in [0, 0.05) is 0 Å². The van der Waals surface area contributed by atoms with Crippen LogP contribution in [0, 0.1) is 0 Å². The maximum absolute atomic E-state index is 11.0. The molecule has 2 N–H and O–H groups in total. The van der Waals surface area contributed by atoms with Crippen molar-refractivity contribution in [2.75, 3.05) is 12.8 Å². The first-order chi connectivity index (χ1) is 7.65. The summed E-state index contributed by atoms with van der Waals surface area (Å²) >= 11 is 3.06. The minimum atomic E-state index is -0.596. The number of rotatable bonds is 1. The Bertz CT molecular complexity index is 319. The molecule has 5 nitrogen and oxygen atoms in total. The highest BCUT2D eigenvalue weighted by molar-refractivity contribution is 9.10. The summed E-state index contributed by atoms with van der Waals surface area (Å²) < 4.78 is 4.87. The number of nitrogen functional groups attached to an aromatic ring is 1. The number of carbonyl (C=O) groups excluding carboxylic acids is 1. The van der Waals surface area contributed by atoms with E-state index >= 15 is 0 Å². The van der Waals surface area contributed by atoms with Crippen molar-refractivity contribution < 1.29 is 9.53 Å². The van der Waals surface area contributed by atoms with E-state index in [0.717, 1.165) is 0 Å². The van der Waals surface area contributed by atoms with E-state index in [1.807, 2.05) is 27.7 Å². The Morgan fingerprint density at radius 2 is 1.88 bits per heavy atom. The molecule has 0 saturated heterocycles. The van der Waals surface area contributed by atoms with Crippen molar-refractivity contribution in [3.63, 3.8) is 0 Å². The third-order valence-corrected chi connectivity index (χ3v) is 1.53. The van der Waals surface area contributed by atoms with Crippen molar-refractivity contribution >= 4 is 27.7 Å². The SMILES string of the molecule is CC.CC.COC(=O)c1nc(Br)cnc1N. The van der Waals surface area contributed by atoms with E-state index in [9.17, 15) is 4.79 Å². The van der Waals surface area contributed by atoms with Crippen molar-refractivity contribution in [2.24, 2.45) is 0 Å². The second-order valence-electron chi connectivity index (χ2n) is 1.92. The lowest BCUT2D eigenvalue weighted by Gasteiger charge is -2.00. The highest BCUT2D eigenvalue weighted by atomic mass is 79.9. The van der Waals surface area contributed by atoms with Gasteiger partial charge in [-0.05, 0) is 15.9 Å². The largest absolute Gasteiger partial charge is 0.464 e. The third kappa shape index (κ3) is 5.65. The first-order valence-corrected chi connectivity index (χ1v) is 5.80. The number of aromatic nitrogens is 2. The molecule has 0 saturated carbocycles. The second kappa shape index (κ2) is 10.4. The van der Waals surface area contributed by atoms with Gasteiger partial charge in [0.25, 0.3) is 0 Å². The van der Waals surface area contributed by atoms with Crippen LogP contribution in [0.4, 0.5) is 5.82 Å². The van der Waals surface area contributed by atoms with E-state index in [2.05, 4.69) is 30.6 Å². The van der Waals surface area contributed by atoms with Crippen molar-refractivity contribution in [3.05, 3.63) is 16.5 Å². The molecule has 92 valence electrons. The molecule has 1 heterocycles. The van der Waals surface area contributed by atoms with Crippen molar-refractivity contribution in [3.8, 4) is 0 Å². The maximum atomic E-state index is 11.0. The number of carbonyl (C=O) groups is 1. The molecule has 0 unspecified atom stereocenters. The molecule has 0 fully saturated rings. The summed E-state index contributed by atoms with van der Waals surface area (Å²) in [4.78, 5) is 18.5. The van der Waals surface area contributed by atoms with E-state index in [1.54, 1.807) is 0 Å². The van der Waals surface area contributed by atoms with Crippen LogP contribution < -0.4 is 5.73 Å². The number of anilines is 1. The highest BCUT2D eigenvalue weighted by Crippen LogP contribution is 2.10. The van der Waals surface area contributed by atoms with E-state index < -0.39 is 5.97 Å². The van der Waals surface area contributed by atoms with Gasteiger partial charge in [-0.3, -0.25) is 0 Å². The standard InChI is InChI=1S/C6H6BrN3O2.2C2H6/c1-12-6(11)4-5(8)9-2-3(7)10-4;2*1-2/h2H,1H3,(H2,8,9);2*1-2H3. The van der Waals surface area contributed by atoms with Crippen LogP contribution in [0.2, 0.25) is 0 Å². The average molecular weight is 292 g/mol. The molecule has 0 amide bonds. The highest BCUT2D eigenvalue weighted by Gasteiger charge is 2.12. The summed E-state index contributed by atoms with van der Waals surface area (Å²) in [5.74, 6) is -0.536. The Hall–Kier alpha value is -1.17. The summed E-state index contributed by atoms with van der Waals surface area (Å²) in [5, 5.41) is 0. The Labute approximate surface area is 105 Å². The quantitative estimate of drug-likeness (QED) is 0.805. The van der Waals surface area contributed by atoms with Gasteiger partial charge in [-0.1, -0.05) is 27.7 Å². The zero-order valence-electron chi connectivity index (χ0n) is 10.2. The zero-order valence-corrected chi connectivity index (χ0v) is 11.8. The smallest absolute Gasteiger partial charge is 0.360 e. The molecule has 0 atom stereocenters. The number of methoxy groups -OCH3 is 1. The lowest BCUT2D eigenvalue weighted by Crippen LogP contribution is -2.09. The molecule has 0 bridgehead atoms. The molecule has 0 aliphatic rings. The number of hydrogen-bond donors (Lipinski definition) is 1. The number of esters is 1. The first kappa shape index (κ1) is 17.2. The van der Waals surface area contributed by atoms with Crippen LogP contribution in [0.1, 0.15) is 38.2 Å². The topological polar surface area (TPSA) is 78.1 Å². The van der Waals surface area contributed by atoms with Crippen molar-refractivity contribution in [1.29, 1.82) is 0 Å². The van der Waals surface area contributed by atoms with Crippen molar-refractivity contribution in [2.45, 2.75) is 27.7 Å². The molecule has 1 aromatic rings. The molecule has 0 radical (unpaired) electrons. The fourth-order valence-electron chi connectivity index (χ4n) is 0.624. The number of ether oxygens (including phenoxy) is 1.